The normalized spacial score (nSPS) is 16.2. The van der Waals surface area contributed by atoms with Crippen molar-refractivity contribution < 1.29 is 14.3 Å². The minimum atomic E-state index is -0.479. The Kier molecular flexibility index (Phi) is 6.68. The molecule has 0 saturated heterocycles. The molecule has 4 rings (SSSR count). The van der Waals surface area contributed by atoms with Crippen LogP contribution in [-0.2, 0) is 16.1 Å². The number of carbonyl (C=O) groups excluding carboxylic acids is 2. The molecule has 1 atom stereocenters. The number of thiophene rings is 2. The van der Waals surface area contributed by atoms with Crippen molar-refractivity contribution in [2.75, 3.05) is 12.4 Å². The summed E-state index contributed by atoms with van der Waals surface area (Å²) in [6, 6.07) is 3.10. The van der Waals surface area contributed by atoms with Crippen molar-refractivity contribution in [3.8, 4) is 10.4 Å². The fourth-order valence-corrected chi connectivity index (χ4v) is 6.37. The summed E-state index contributed by atoms with van der Waals surface area (Å²) in [4.78, 5) is 44.2. The molecule has 1 unspecified atom stereocenters. The lowest BCUT2D eigenvalue weighted by atomic mass is 10.1. The zero-order valence-corrected chi connectivity index (χ0v) is 20.2. The predicted molar refractivity (Wildman–Crippen MR) is 128 cm³/mol. The van der Waals surface area contributed by atoms with Gasteiger partial charge in [0.15, 0.2) is 5.16 Å². The summed E-state index contributed by atoms with van der Waals surface area (Å²) in [6.45, 7) is 6.06. The Morgan fingerprint density at radius 1 is 1.31 bits per heavy atom. The molecule has 0 bridgehead atoms. The minimum absolute atomic E-state index is 0.0908. The first-order chi connectivity index (χ1) is 15.4. The van der Waals surface area contributed by atoms with Crippen LogP contribution in [0.2, 0.25) is 0 Å². The Balaban J connectivity index is 1.71. The van der Waals surface area contributed by atoms with Crippen molar-refractivity contribution in [1.82, 2.24) is 20.2 Å². The smallest absolute Gasteiger partial charge is 0.337 e. The quantitative estimate of drug-likeness (QED) is 0.297. The van der Waals surface area contributed by atoms with E-state index in [1.54, 1.807) is 29.8 Å². The van der Waals surface area contributed by atoms with Crippen LogP contribution in [0.1, 0.15) is 20.8 Å². The van der Waals surface area contributed by atoms with E-state index in [9.17, 15) is 14.4 Å². The van der Waals surface area contributed by atoms with Gasteiger partial charge >= 0.3 is 12.0 Å². The molecule has 2 amide bonds. The van der Waals surface area contributed by atoms with E-state index in [2.05, 4.69) is 10.6 Å². The Hall–Kier alpha value is -2.63. The summed E-state index contributed by atoms with van der Waals surface area (Å²) in [7, 11) is 0. The van der Waals surface area contributed by atoms with Crippen molar-refractivity contribution in [2.24, 2.45) is 0 Å². The molecule has 0 fully saturated rings. The average Bonchev–Trinajstić information content (AvgIpc) is 3.41. The predicted octanol–water partition coefficient (Wildman–Crippen LogP) is 3.82. The number of hydrogen-bond donors (Lipinski definition) is 2. The summed E-state index contributed by atoms with van der Waals surface area (Å²) in [6.07, 6.45) is 0. The number of fused-ring (bicyclic) bond motifs is 1. The van der Waals surface area contributed by atoms with E-state index in [0.717, 1.165) is 10.4 Å². The van der Waals surface area contributed by atoms with Gasteiger partial charge in [-0.2, -0.15) is 0 Å². The standard InChI is InChI=1S/C21H22N4O4S3/c1-4-25-18(26)16-12(14-7-6-8-30-14)9-31-17(16)24-21(25)32-10-13-15(19(27)29-5-2)11(3)22-20(28)23-13/h6-9,11H,4-5,10H2,1-3H3,(H2,22,23,28). The number of hydrogen-bond acceptors (Lipinski definition) is 8. The van der Waals surface area contributed by atoms with Gasteiger partial charge in [-0.25, -0.2) is 14.6 Å². The van der Waals surface area contributed by atoms with Gasteiger partial charge in [0.1, 0.15) is 4.83 Å². The Morgan fingerprint density at radius 2 is 2.12 bits per heavy atom. The number of rotatable bonds is 7. The second-order valence-electron chi connectivity index (χ2n) is 6.97. The fraction of sp³-hybridized carbons (Fsp3) is 0.333. The van der Waals surface area contributed by atoms with E-state index in [1.165, 1.54) is 23.1 Å². The van der Waals surface area contributed by atoms with Crippen molar-refractivity contribution in [3.05, 3.63) is 44.5 Å². The molecule has 32 heavy (non-hydrogen) atoms. The number of nitrogens with one attached hydrogen (secondary N) is 2. The number of esters is 1. The molecule has 4 heterocycles. The maximum atomic E-state index is 13.3. The van der Waals surface area contributed by atoms with Gasteiger partial charge in [-0.3, -0.25) is 9.36 Å². The number of amides is 2. The highest BCUT2D eigenvalue weighted by Gasteiger charge is 2.30. The molecule has 0 radical (unpaired) electrons. The molecule has 8 nitrogen and oxygen atoms in total. The zero-order chi connectivity index (χ0) is 22.8. The molecule has 2 N–H and O–H groups in total. The van der Waals surface area contributed by atoms with Crippen molar-refractivity contribution >= 4 is 56.7 Å². The summed E-state index contributed by atoms with van der Waals surface area (Å²) in [5, 5.41) is 10.5. The Labute approximate surface area is 196 Å². The van der Waals surface area contributed by atoms with Crippen molar-refractivity contribution in [1.29, 1.82) is 0 Å². The largest absolute Gasteiger partial charge is 0.463 e. The second kappa shape index (κ2) is 9.47. The van der Waals surface area contributed by atoms with E-state index < -0.39 is 12.0 Å². The molecular weight excluding hydrogens is 468 g/mol. The third-order valence-electron chi connectivity index (χ3n) is 4.97. The lowest BCUT2D eigenvalue weighted by Crippen LogP contribution is -2.49. The summed E-state index contributed by atoms with van der Waals surface area (Å²) in [5.74, 6) is -0.203. The maximum Gasteiger partial charge on any atom is 0.337 e. The fourth-order valence-electron chi connectivity index (χ4n) is 3.54. The van der Waals surface area contributed by atoms with Crippen LogP contribution in [-0.4, -0.2) is 40.0 Å². The molecular formula is C21H22N4O4S3. The third-order valence-corrected chi connectivity index (χ3v) is 7.75. The van der Waals surface area contributed by atoms with Crippen molar-refractivity contribution in [3.63, 3.8) is 0 Å². The maximum absolute atomic E-state index is 13.3. The van der Waals surface area contributed by atoms with E-state index in [1.807, 2.05) is 29.8 Å². The second-order valence-corrected chi connectivity index (χ2v) is 9.72. The highest BCUT2D eigenvalue weighted by atomic mass is 32.2. The van der Waals surface area contributed by atoms with Crippen LogP contribution in [0.4, 0.5) is 4.79 Å². The first kappa shape index (κ1) is 22.6. The van der Waals surface area contributed by atoms with Crippen LogP contribution in [0.25, 0.3) is 20.7 Å². The summed E-state index contributed by atoms with van der Waals surface area (Å²) >= 11 is 4.33. The molecule has 3 aromatic heterocycles. The Morgan fingerprint density at radius 3 is 2.81 bits per heavy atom. The first-order valence-corrected chi connectivity index (χ1v) is 12.8. The highest BCUT2D eigenvalue weighted by Crippen LogP contribution is 2.35. The van der Waals surface area contributed by atoms with Gasteiger partial charge in [-0.05, 0) is 32.2 Å². The highest BCUT2D eigenvalue weighted by molar-refractivity contribution is 7.99. The lowest BCUT2D eigenvalue weighted by molar-refractivity contribution is -0.138. The summed E-state index contributed by atoms with van der Waals surface area (Å²) in [5.41, 5.74) is 1.66. The van der Waals surface area contributed by atoms with Crippen LogP contribution in [0.5, 0.6) is 0 Å². The average molecular weight is 491 g/mol. The molecule has 168 valence electrons. The van der Waals surface area contributed by atoms with Crippen molar-refractivity contribution in [2.45, 2.75) is 38.5 Å². The SMILES string of the molecule is CCOC(=O)C1=C(CSc2nc3scc(-c4cccs4)c3c(=O)n2CC)NC(=O)NC1C. The number of nitrogens with zero attached hydrogens (tertiary/aromatic N) is 2. The van der Waals surface area contributed by atoms with E-state index >= 15 is 0 Å². The van der Waals surface area contributed by atoms with Crippen LogP contribution >= 0.6 is 34.4 Å². The number of carbonyl (C=O) groups is 2. The van der Waals surface area contributed by atoms with Crippen LogP contribution in [0.15, 0.2) is 44.1 Å². The molecule has 3 aromatic rings. The summed E-state index contributed by atoms with van der Waals surface area (Å²) < 4.78 is 6.80. The van der Waals surface area contributed by atoms with Crippen LogP contribution in [0.3, 0.4) is 0 Å². The topological polar surface area (TPSA) is 102 Å². The van der Waals surface area contributed by atoms with Gasteiger partial charge in [0.2, 0.25) is 0 Å². The molecule has 0 spiro atoms. The van der Waals surface area contributed by atoms with Gasteiger partial charge in [0.05, 0.1) is 23.6 Å². The molecule has 1 aliphatic rings. The van der Waals surface area contributed by atoms with Crippen LogP contribution in [0, 0.1) is 0 Å². The van der Waals surface area contributed by atoms with Gasteiger partial charge < -0.3 is 15.4 Å². The minimum Gasteiger partial charge on any atom is -0.463 e. The van der Waals surface area contributed by atoms with Gasteiger partial charge in [-0.1, -0.05) is 17.8 Å². The molecule has 1 aliphatic heterocycles. The first-order valence-electron chi connectivity index (χ1n) is 10.1. The third kappa shape index (κ3) is 4.19. The zero-order valence-electron chi connectivity index (χ0n) is 17.8. The molecule has 0 saturated carbocycles. The molecule has 11 heteroatoms. The van der Waals surface area contributed by atoms with Crippen LogP contribution < -0.4 is 16.2 Å². The lowest BCUT2D eigenvalue weighted by Gasteiger charge is -2.26. The molecule has 0 aliphatic carbocycles. The number of urea groups is 1. The number of thioether (sulfide) groups is 1. The monoisotopic (exact) mass is 490 g/mol. The molecule has 0 aromatic carbocycles. The number of aromatic nitrogens is 2. The number of ether oxygens (including phenoxy) is 1. The van der Waals surface area contributed by atoms with E-state index in [4.69, 9.17) is 9.72 Å². The van der Waals surface area contributed by atoms with E-state index in [-0.39, 0.29) is 24.0 Å². The van der Waals surface area contributed by atoms with E-state index in [0.29, 0.717) is 33.2 Å². The Bertz CT molecular complexity index is 1260. The van der Waals surface area contributed by atoms with Gasteiger partial charge in [0, 0.05) is 33.8 Å². The van der Waals surface area contributed by atoms with Gasteiger partial charge in [0.25, 0.3) is 5.56 Å². The van der Waals surface area contributed by atoms with Gasteiger partial charge in [-0.15, -0.1) is 22.7 Å².